The van der Waals surface area contributed by atoms with Crippen molar-refractivity contribution in [2.75, 3.05) is 11.5 Å². The number of nitriles is 1. The smallest absolute Gasteiger partial charge is 0.272 e. The van der Waals surface area contributed by atoms with Gasteiger partial charge in [0, 0.05) is 11.1 Å². The molecule has 0 bridgehead atoms. The SMILES string of the molecule is N#CC1=C(c2ccccc2)C(=Cc2ccc(-c3ccccc3Cl)o2)C(=O)N(C2CCS(=O)(=O)C2)C1=O. The number of imide groups is 1. The van der Waals surface area contributed by atoms with Gasteiger partial charge in [0.1, 0.15) is 23.2 Å². The Morgan fingerprint density at radius 2 is 1.72 bits per heavy atom. The first-order chi connectivity index (χ1) is 17.3. The summed E-state index contributed by atoms with van der Waals surface area (Å²) in [6, 6.07) is 20.3. The molecule has 0 aliphatic carbocycles. The number of amides is 2. The Balaban J connectivity index is 1.66. The zero-order chi connectivity index (χ0) is 25.4. The highest BCUT2D eigenvalue weighted by Crippen LogP contribution is 2.38. The molecule has 36 heavy (non-hydrogen) atoms. The maximum absolute atomic E-state index is 13.8. The second-order valence-corrected chi connectivity index (χ2v) is 11.1. The molecule has 3 aromatic rings. The fraction of sp³-hybridized carbons (Fsp3) is 0.148. The largest absolute Gasteiger partial charge is 0.457 e. The van der Waals surface area contributed by atoms with Gasteiger partial charge in [-0.15, -0.1) is 0 Å². The van der Waals surface area contributed by atoms with Crippen molar-refractivity contribution in [3.63, 3.8) is 0 Å². The summed E-state index contributed by atoms with van der Waals surface area (Å²) in [6.45, 7) is 0. The minimum Gasteiger partial charge on any atom is -0.457 e. The number of benzene rings is 2. The molecule has 1 saturated heterocycles. The number of hydrogen-bond donors (Lipinski definition) is 0. The Morgan fingerprint density at radius 3 is 2.39 bits per heavy atom. The van der Waals surface area contributed by atoms with Gasteiger partial charge in [0.05, 0.1) is 28.1 Å². The molecule has 180 valence electrons. The highest BCUT2D eigenvalue weighted by Gasteiger charge is 2.45. The second-order valence-electron chi connectivity index (χ2n) is 8.50. The van der Waals surface area contributed by atoms with Crippen molar-refractivity contribution in [2.45, 2.75) is 12.5 Å². The van der Waals surface area contributed by atoms with E-state index in [1.54, 1.807) is 60.7 Å². The Bertz CT molecular complexity index is 1600. The molecule has 9 heteroatoms. The van der Waals surface area contributed by atoms with Crippen molar-refractivity contribution >= 4 is 44.9 Å². The Kier molecular flexibility index (Phi) is 6.12. The van der Waals surface area contributed by atoms with Crippen molar-refractivity contribution in [1.29, 1.82) is 5.26 Å². The van der Waals surface area contributed by atoms with Gasteiger partial charge in [-0.05, 0) is 42.3 Å². The average Bonchev–Trinajstić information content (AvgIpc) is 3.47. The lowest BCUT2D eigenvalue weighted by molar-refractivity contribution is -0.142. The van der Waals surface area contributed by atoms with Crippen LogP contribution in [0.2, 0.25) is 5.02 Å². The van der Waals surface area contributed by atoms with Crippen LogP contribution in [0.3, 0.4) is 0 Å². The molecule has 1 aromatic heterocycles. The summed E-state index contributed by atoms with van der Waals surface area (Å²) in [5, 5.41) is 10.5. The van der Waals surface area contributed by atoms with Crippen molar-refractivity contribution in [2.24, 2.45) is 0 Å². The predicted octanol–water partition coefficient (Wildman–Crippen LogP) is 4.52. The molecule has 0 saturated carbocycles. The van der Waals surface area contributed by atoms with Crippen LogP contribution in [0.1, 0.15) is 17.7 Å². The monoisotopic (exact) mass is 518 g/mol. The van der Waals surface area contributed by atoms with E-state index in [1.165, 1.54) is 6.08 Å². The maximum atomic E-state index is 13.8. The van der Waals surface area contributed by atoms with Crippen LogP contribution in [0.25, 0.3) is 23.0 Å². The van der Waals surface area contributed by atoms with Crippen LogP contribution >= 0.6 is 11.6 Å². The van der Waals surface area contributed by atoms with Crippen molar-refractivity contribution in [3.8, 4) is 17.4 Å². The van der Waals surface area contributed by atoms with Gasteiger partial charge < -0.3 is 4.42 Å². The maximum Gasteiger partial charge on any atom is 0.272 e. The predicted molar refractivity (Wildman–Crippen MR) is 135 cm³/mol. The molecule has 3 heterocycles. The number of sulfone groups is 1. The van der Waals surface area contributed by atoms with E-state index in [0.717, 1.165) is 4.90 Å². The zero-order valence-corrected chi connectivity index (χ0v) is 20.4. The second kappa shape index (κ2) is 9.26. The van der Waals surface area contributed by atoms with Gasteiger partial charge >= 0.3 is 0 Å². The van der Waals surface area contributed by atoms with Crippen LogP contribution in [0.5, 0.6) is 0 Å². The van der Waals surface area contributed by atoms with Gasteiger partial charge in [0.25, 0.3) is 11.8 Å². The topological polar surface area (TPSA) is 108 Å². The molecule has 1 atom stereocenters. The van der Waals surface area contributed by atoms with Crippen LogP contribution in [0.4, 0.5) is 0 Å². The summed E-state index contributed by atoms with van der Waals surface area (Å²) in [4.78, 5) is 28.0. The summed E-state index contributed by atoms with van der Waals surface area (Å²) >= 11 is 6.29. The van der Waals surface area contributed by atoms with E-state index in [4.69, 9.17) is 16.0 Å². The molecule has 1 unspecified atom stereocenters. The molecule has 0 radical (unpaired) electrons. The number of carbonyl (C=O) groups is 2. The minimum absolute atomic E-state index is 0.0710. The first-order valence-corrected chi connectivity index (χ1v) is 13.3. The number of furan rings is 1. The number of hydrogen-bond acceptors (Lipinski definition) is 6. The van der Waals surface area contributed by atoms with Crippen LogP contribution < -0.4 is 0 Å². The van der Waals surface area contributed by atoms with E-state index >= 15 is 0 Å². The summed E-state index contributed by atoms with van der Waals surface area (Å²) in [5.41, 5.74) is 1.21. The highest BCUT2D eigenvalue weighted by molar-refractivity contribution is 7.91. The molecular formula is C27H19ClN2O5S. The molecule has 5 rings (SSSR count). The van der Waals surface area contributed by atoms with E-state index in [9.17, 15) is 23.3 Å². The van der Waals surface area contributed by atoms with Crippen LogP contribution in [0.15, 0.2) is 82.3 Å². The van der Waals surface area contributed by atoms with E-state index in [0.29, 0.717) is 27.7 Å². The Hall–Kier alpha value is -3.93. The average molecular weight is 519 g/mol. The first kappa shape index (κ1) is 23.8. The number of carbonyl (C=O) groups excluding carboxylic acids is 2. The van der Waals surface area contributed by atoms with Gasteiger partial charge in [-0.25, -0.2) is 8.42 Å². The van der Waals surface area contributed by atoms with E-state index < -0.39 is 27.7 Å². The Morgan fingerprint density at radius 1 is 1.00 bits per heavy atom. The molecule has 2 aromatic carbocycles. The van der Waals surface area contributed by atoms with Gasteiger partial charge in [0.15, 0.2) is 9.84 Å². The molecule has 1 fully saturated rings. The van der Waals surface area contributed by atoms with Crippen molar-refractivity contribution in [1.82, 2.24) is 4.90 Å². The lowest BCUT2D eigenvalue weighted by Gasteiger charge is -2.32. The Labute approximate surface area is 212 Å². The van der Waals surface area contributed by atoms with Crippen molar-refractivity contribution in [3.05, 3.63) is 94.2 Å². The van der Waals surface area contributed by atoms with Crippen LogP contribution in [-0.2, 0) is 19.4 Å². The van der Waals surface area contributed by atoms with Gasteiger partial charge in [-0.2, -0.15) is 5.26 Å². The van der Waals surface area contributed by atoms with Crippen molar-refractivity contribution < 1.29 is 22.4 Å². The molecular weight excluding hydrogens is 500 g/mol. The van der Waals surface area contributed by atoms with E-state index in [1.807, 2.05) is 12.1 Å². The van der Waals surface area contributed by atoms with E-state index in [-0.39, 0.29) is 34.6 Å². The quantitative estimate of drug-likeness (QED) is 0.371. The first-order valence-electron chi connectivity index (χ1n) is 11.1. The molecule has 2 aliphatic heterocycles. The molecule has 2 amide bonds. The fourth-order valence-corrected chi connectivity index (χ4v) is 6.45. The summed E-state index contributed by atoms with van der Waals surface area (Å²) < 4.78 is 30.2. The lowest BCUT2D eigenvalue weighted by atomic mass is 9.87. The molecule has 7 nitrogen and oxygen atoms in total. The summed E-state index contributed by atoms with van der Waals surface area (Å²) in [6.07, 6.45) is 1.61. The number of halogens is 1. The normalized spacial score (nSPS) is 20.7. The number of rotatable bonds is 4. The van der Waals surface area contributed by atoms with E-state index in [2.05, 4.69) is 0 Å². The molecule has 0 N–H and O–H groups in total. The van der Waals surface area contributed by atoms with Gasteiger partial charge in [0.2, 0.25) is 0 Å². The third kappa shape index (κ3) is 4.28. The highest BCUT2D eigenvalue weighted by atomic mass is 35.5. The zero-order valence-electron chi connectivity index (χ0n) is 18.8. The molecule has 2 aliphatic rings. The minimum atomic E-state index is -3.38. The third-order valence-corrected chi connectivity index (χ3v) is 8.28. The summed E-state index contributed by atoms with van der Waals surface area (Å²) in [5.74, 6) is -1.12. The van der Waals surface area contributed by atoms with Crippen LogP contribution in [0, 0.1) is 11.3 Å². The van der Waals surface area contributed by atoms with Gasteiger partial charge in [-0.1, -0.05) is 54.1 Å². The van der Waals surface area contributed by atoms with Crippen LogP contribution in [-0.4, -0.2) is 42.7 Å². The standard InChI is InChI=1S/C27H19ClN2O5S/c28-23-9-5-4-8-20(23)24-11-10-19(35-24)14-21-25(17-6-2-1-3-7-17)22(15-29)27(32)30(26(21)31)18-12-13-36(33,34)16-18/h1-11,14,18H,12-13,16H2. The molecule has 0 spiro atoms. The lowest BCUT2D eigenvalue weighted by Crippen LogP contribution is -2.49. The van der Waals surface area contributed by atoms with Gasteiger partial charge in [-0.3, -0.25) is 14.5 Å². The third-order valence-electron chi connectivity index (χ3n) is 6.20. The number of nitrogens with zero attached hydrogens (tertiary/aromatic N) is 2. The fourth-order valence-electron chi connectivity index (χ4n) is 4.52. The summed E-state index contributed by atoms with van der Waals surface area (Å²) in [7, 11) is -3.38.